The van der Waals surface area contributed by atoms with Gasteiger partial charge >= 0.3 is 0 Å². The molecular formula is C17H23N5O3S. The zero-order valence-corrected chi connectivity index (χ0v) is 15.4. The van der Waals surface area contributed by atoms with Crippen LogP contribution >= 0.6 is 0 Å². The van der Waals surface area contributed by atoms with Gasteiger partial charge < -0.3 is 10.6 Å². The number of unbranched alkanes of at least 4 members (excludes halogenated alkanes) is 1. The normalized spacial score (nSPS) is 11.2. The summed E-state index contributed by atoms with van der Waals surface area (Å²) in [7, 11) is -3.69. The molecule has 8 nitrogen and oxygen atoms in total. The van der Waals surface area contributed by atoms with Gasteiger partial charge in [-0.25, -0.2) is 23.5 Å². The van der Waals surface area contributed by atoms with Crippen LogP contribution in [0.25, 0.3) is 0 Å². The molecule has 0 radical (unpaired) electrons. The van der Waals surface area contributed by atoms with Crippen LogP contribution in [-0.4, -0.2) is 37.4 Å². The van der Waals surface area contributed by atoms with Crippen molar-refractivity contribution in [3.63, 3.8) is 0 Å². The molecule has 140 valence electrons. The summed E-state index contributed by atoms with van der Waals surface area (Å²) in [6.07, 6.45) is 5.64. The largest absolute Gasteiger partial charge is 0.354 e. The number of rotatable bonds is 9. The van der Waals surface area contributed by atoms with Gasteiger partial charge in [0.05, 0.1) is 10.5 Å². The molecule has 0 atom stereocenters. The lowest BCUT2D eigenvalue weighted by molar-refractivity contribution is 0.0953. The second-order valence-electron chi connectivity index (χ2n) is 5.77. The quantitative estimate of drug-likeness (QED) is 0.565. The number of primary sulfonamides is 1. The number of anilines is 1. The molecule has 1 amide bonds. The zero-order valence-electron chi connectivity index (χ0n) is 14.6. The molecule has 1 aromatic heterocycles. The summed E-state index contributed by atoms with van der Waals surface area (Å²) in [5, 5.41) is 10.9. The van der Waals surface area contributed by atoms with Gasteiger partial charge in [-0.3, -0.25) is 4.79 Å². The lowest BCUT2D eigenvalue weighted by atomic mass is 10.1. The summed E-state index contributed by atoms with van der Waals surface area (Å²) in [4.78, 5) is 20.4. The maximum Gasteiger partial charge on any atom is 0.254 e. The molecule has 0 unspecified atom stereocenters. The molecule has 0 aliphatic rings. The molecule has 26 heavy (non-hydrogen) atoms. The van der Waals surface area contributed by atoms with Gasteiger partial charge in [0, 0.05) is 25.5 Å². The van der Waals surface area contributed by atoms with Crippen LogP contribution in [0.4, 0.5) is 5.95 Å². The predicted octanol–water partition coefficient (Wildman–Crippen LogP) is 1.31. The van der Waals surface area contributed by atoms with Crippen molar-refractivity contribution in [2.75, 3.05) is 18.4 Å². The Labute approximate surface area is 153 Å². The summed E-state index contributed by atoms with van der Waals surface area (Å²) < 4.78 is 22.4. The van der Waals surface area contributed by atoms with Crippen molar-refractivity contribution in [1.29, 1.82) is 0 Å². The number of aromatic nitrogens is 2. The van der Waals surface area contributed by atoms with Gasteiger partial charge in [-0.1, -0.05) is 25.5 Å². The molecule has 2 aromatic rings. The van der Waals surface area contributed by atoms with Gasteiger partial charge in [-0.15, -0.1) is 0 Å². The highest BCUT2D eigenvalue weighted by Crippen LogP contribution is 2.09. The number of amides is 1. The highest BCUT2D eigenvalue weighted by molar-refractivity contribution is 7.89. The molecule has 0 bridgehead atoms. The molecule has 0 saturated carbocycles. The van der Waals surface area contributed by atoms with Gasteiger partial charge in [-0.2, -0.15) is 0 Å². The SMILES string of the molecule is CCCCNc1ncc(C(=O)NCCc2ccc(S(N)(=O)=O)cc2)cn1. The van der Waals surface area contributed by atoms with E-state index in [0.29, 0.717) is 24.5 Å². The van der Waals surface area contributed by atoms with E-state index in [1.165, 1.54) is 24.5 Å². The lowest BCUT2D eigenvalue weighted by Gasteiger charge is -2.07. The molecule has 9 heteroatoms. The third-order valence-electron chi connectivity index (χ3n) is 3.68. The van der Waals surface area contributed by atoms with Crippen LogP contribution < -0.4 is 15.8 Å². The first-order valence-electron chi connectivity index (χ1n) is 8.36. The first kappa shape index (κ1) is 19.8. The Balaban J connectivity index is 1.81. The fourth-order valence-electron chi connectivity index (χ4n) is 2.18. The van der Waals surface area contributed by atoms with Crippen molar-refractivity contribution < 1.29 is 13.2 Å². The van der Waals surface area contributed by atoms with E-state index >= 15 is 0 Å². The highest BCUT2D eigenvalue weighted by Gasteiger charge is 2.08. The van der Waals surface area contributed by atoms with Gasteiger partial charge in [0.25, 0.3) is 5.91 Å². The van der Waals surface area contributed by atoms with Crippen LogP contribution in [0.2, 0.25) is 0 Å². The molecule has 0 fully saturated rings. The van der Waals surface area contributed by atoms with Crippen molar-refractivity contribution >= 4 is 21.9 Å². The molecule has 1 aromatic carbocycles. The van der Waals surface area contributed by atoms with Crippen LogP contribution in [0, 0.1) is 0 Å². The fourth-order valence-corrected chi connectivity index (χ4v) is 2.70. The molecule has 2 rings (SSSR count). The summed E-state index contributed by atoms with van der Waals surface area (Å²) in [6, 6.07) is 6.24. The summed E-state index contributed by atoms with van der Waals surface area (Å²) >= 11 is 0. The van der Waals surface area contributed by atoms with E-state index in [0.717, 1.165) is 24.9 Å². The average molecular weight is 377 g/mol. The number of carbonyl (C=O) groups excluding carboxylic acids is 1. The van der Waals surface area contributed by atoms with E-state index in [2.05, 4.69) is 27.5 Å². The Kier molecular flexibility index (Phi) is 7.05. The average Bonchev–Trinajstić information content (AvgIpc) is 2.62. The van der Waals surface area contributed by atoms with Crippen LogP contribution in [0.15, 0.2) is 41.6 Å². The maximum atomic E-state index is 12.1. The first-order valence-corrected chi connectivity index (χ1v) is 9.90. The minimum Gasteiger partial charge on any atom is -0.354 e. The molecule has 4 N–H and O–H groups in total. The van der Waals surface area contributed by atoms with Crippen LogP contribution in [0.1, 0.15) is 35.7 Å². The maximum absolute atomic E-state index is 12.1. The Hall–Kier alpha value is -2.52. The van der Waals surface area contributed by atoms with E-state index in [1.807, 2.05) is 0 Å². The molecular weight excluding hydrogens is 354 g/mol. The van der Waals surface area contributed by atoms with E-state index < -0.39 is 10.0 Å². The number of nitrogens with zero attached hydrogens (tertiary/aromatic N) is 2. The first-order chi connectivity index (χ1) is 12.4. The zero-order chi connectivity index (χ0) is 19.0. The molecule has 0 aliphatic carbocycles. The monoisotopic (exact) mass is 377 g/mol. The second-order valence-corrected chi connectivity index (χ2v) is 7.33. The third-order valence-corrected chi connectivity index (χ3v) is 4.61. The smallest absolute Gasteiger partial charge is 0.254 e. The van der Waals surface area contributed by atoms with E-state index in [1.54, 1.807) is 12.1 Å². The van der Waals surface area contributed by atoms with Gasteiger partial charge in [0.15, 0.2) is 0 Å². The lowest BCUT2D eigenvalue weighted by Crippen LogP contribution is -2.26. The molecule has 1 heterocycles. The minimum atomic E-state index is -3.69. The Morgan fingerprint density at radius 2 is 1.77 bits per heavy atom. The third kappa shape index (κ3) is 6.08. The number of carbonyl (C=O) groups is 1. The Morgan fingerprint density at radius 1 is 1.12 bits per heavy atom. The number of nitrogens with one attached hydrogen (secondary N) is 2. The van der Waals surface area contributed by atoms with Crippen molar-refractivity contribution in [3.05, 3.63) is 47.8 Å². The van der Waals surface area contributed by atoms with E-state index in [9.17, 15) is 13.2 Å². The van der Waals surface area contributed by atoms with E-state index in [-0.39, 0.29) is 10.8 Å². The van der Waals surface area contributed by atoms with Crippen LogP contribution in [0.3, 0.4) is 0 Å². The van der Waals surface area contributed by atoms with Gasteiger partial charge in [0.1, 0.15) is 0 Å². The molecule has 0 aliphatic heterocycles. The summed E-state index contributed by atoms with van der Waals surface area (Å²) in [5.74, 6) is 0.246. The second kappa shape index (κ2) is 9.25. The summed E-state index contributed by atoms with van der Waals surface area (Å²) in [6.45, 7) is 3.31. The number of hydrogen-bond acceptors (Lipinski definition) is 6. The molecule has 0 saturated heterocycles. The summed E-state index contributed by atoms with van der Waals surface area (Å²) in [5.41, 5.74) is 1.28. The fraction of sp³-hybridized carbons (Fsp3) is 0.353. The van der Waals surface area contributed by atoms with Crippen molar-refractivity contribution in [3.8, 4) is 0 Å². The Morgan fingerprint density at radius 3 is 2.35 bits per heavy atom. The standard InChI is InChI=1S/C17H23N5O3S/c1-2-3-9-20-17-21-11-14(12-22-17)16(23)19-10-8-13-4-6-15(7-5-13)26(18,24)25/h4-7,11-12H,2-3,8-10H2,1H3,(H,19,23)(H2,18,24,25)(H,20,21,22). The topological polar surface area (TPSA) is 127 Å². The Bertz CT molecular complexity index is 820. The number of hydrogen-bond donors (Lipinski definition) is 3. The van der Waals surface area contributed by atoms with E-state index in [4.69, 9.17) is 5.14 Å². The van der Waals surface area contributed by atoms with Crippen molar-refractivity contribution in [2.45, 2.75) is 31.1 Å². The highest BCUT2D eigenvalue weighted by atomic mass is 32.2. The van der Waals surface area contributed by atoms with Crippen molar-refractivity contribution in [2.24, 2.45) is 5.14 Å². The predicted molar refractivity (Wildman–Crippen MR) is 99.3 cm³/mol. The van der Waals surface area contributed by atoms with Crippen LogP contribution in [-0.2, 0) is 16.4 Å². The van der Waals surface area contributed by atoms with Crippen LogP contribution in [0.5, 0.6) is 0 Å². The number of nitrogens with two attached hydrogens (primary N) is 1. The molecule has 0 spiro atoms. The minimum absolute atomic E-state index is 0.0649. The number of benzene rings is 1. The number of sulfonamides is 1. The van der Waals surface area contributed by atoms with Gasteiger partial charge in [-0.05, 0) is 30.5 Å². The van der Waals surface area contributed by atoms with Gasteiger partial charge in [0.2, 0.25) is 16.0 Å². The van der Waals surface area contributed by atoms with Crippen molar-refractivity contribution in [1.82, 2.24) is 15.3 Å².